The van der Waals surface area contributed by atoms with E-state index >= 15 is 0 Å². The molecule has 0 bridgehead atoms. The zero-order valence-electron chi connectivity index (χ0n) is 8.81. The first-order valence-corrected chi connectivity index (χ1v) is 5.43. The molecule has 16 heavy (non-hydrogen) atoms. The zero-order chi connectivity index (χ0) is 11.4. The average molecular weight is 242 g/mol. The van der Waals surface area contributed by atoms with E-state index in [0.717, 1.165) is 12.2 Å². The molecule has 0 aliphatic rings. The highest BCUT2D eigenvalue weighted by atomic mass is 35.5. The Bertz CT molecular complexity index is 425. The summed E-state index contributed by atoms with van der Waals surface area (Å²) in [5, 5.41) is 10.3. The lowest BCUT2D eigenvalue weighted by atomic mass is 10.3. The highest BCUT2D eigenvalue weighted by Gasteiger charge is 2.10. The maximum atomic E-state index is 5.79. The van der Waals surface area contributed by atoms with Gasteiger partial charge in [-0.3, -0.25) is 0 Å². The van der Waals surface area contributed by atoms with Crippen molar-refractivity contribution in [3.8, 4) is 0 Å². The third kappa shape index (κ3) is 2.76. The van der Waals surface area contributed by atoms with Crippen LogP contribution in [-0.4, -0.2) is 16.7 Å². The molecule has 0 saturated heterocycles. The topological polar surface area (TPSA) is 64.1 Å². The number of rotatable bonds is 5. The van der Waals surface area contributed by atoms with Crippen LogP contribution in [0.5, 0.6) is 0 Å². The minimum Gasteiger partial charge on any atom is -0.469 e. The van der Waals surface area contributed by atoms with Crippen molar-refractivity contribution in [3.05, 3.63) is 30.0 Å². The van der Waals surface area contributed by atoms with Crippen LogP contribution in [-0.2, 0) is 6.42 Å². The van der Waals surface area contributed by atoms with Gasteiger partial charge in [-0.2, -0.15) is 0 Å². The first kappa shape index (κ1) is 11.0. The lowest BCUT2D eigenvalue weighted by molar-refractivity contribution is 0.498. The SMILES string of the molecule is CC(Cl)c1nnc(NCCc2ccco2)o1. The second kappa shape index (κ2) is 5.03. The fourth-order valence-corrected chi connectivity index (χ4v) is 1.30. The van der Waals surface area contributed by atoms with Gasteiger partial charge in [-0.05, 0) is 19.1 Å². The third-order valence-corrected chi connectivity index (χ3v) is 2.20. The molecule has 1 N–H and O–H groups in total. The van der Waals surface area contributed by atoms with Gasteiger partial charge in [0.1, 0.15) is 11.1 Å². The van der Waals surface area contributed by atoms with Gasteiger partial charge in [0, 0.05) is 13.0 Å². The smallest absolute Gasteiger partial charge is 0.315 e. The summed E-state index contributed by atoms with van der Waals surface area (Å²) in [4.78, 5) is 0. The van der Waals surface area contributed by atoms with E-state index in [4.69, 9.17) is 20.4 Å². The molecule has 2 heterocycles. The van der Waals surface area contributed by atoms with Crippen molar-refractivity contribution in [1.29, 1.82) is 0 Å². The summed E-state index contributed by atoms with van der Waals surface area (Å²) in [5.74, 6) is 1.33. The standard InChI is InChI=1S/C10H12ClN3O2/c1-7(11)9-13-14-10(16-9)12-5-4-8-3-2-6-15-8/h2-3,6-7H,4-5H2,1H3,(H,12,14). The van der Waals surface area contributed by atoms with Crippen LogP contribution in [0.25, 0.3) is 0 Å². The number of nitrogens with one attached hydrogen (secondary N) is 1. The van der Waals surface area contributed by atoms with E-state index in [-0.39, 0.29) is 5.38 Å². The molecule has 5 nitrogen and oxygen atoms in total. The van der Waals surface area contributed by atoms with Crippen LogP contribution in [0.4, 0.5) is 6.01 Å². The first-order chi connectivity index (χ1) is 7.75. The molecular formula is C10H12ClN3O2. The van der Waals surface area contributed by atoms with Crippen LogP contribution >= 0.6 is 11.6 Å². The van der Waals surface area contributed by atoms with E-state index in [1.807, 2.05) is 12.1 Å². The van der Waals surface area contributed by atoms with E-state index in [1.165, 1.54) is 0 Å². The van der Waals surface area contributed by atoms with Gasteiger partial charge < -0.3 is 14.2 Å². The zero-order valence-corrected chi connectivity index (χ0v) is 9.57. The molecule has 1 unspecified atom stereocenters. The van der Waals surface area contributed by atoms with Crippen LogP contribution < -0.4 is 5.32 Å². The summed E-state index contributed by atoms with van der Waals surface area (Å²) in [5.41, 5.74) is 0. The molecule has 0 aliphatic carbocycles. The molecule has 0 aromatic carbocycles. The fraction of sp³-hybridized carbons (Fsp3) is 0.400. The van der Waals surface area contributed by atoms with Crippen molar-refractivity contribution in [2.24, 2.45) is 0 Å². The monoisotopic (exact) mass is 241 g/mol. The van der Waals surface area contributed by atoms with E-state index in [9.17, 15) is 0 Å². The number of aromatic nitrogens is 2. The second-order valence-corrected chi connectivity index (χ2v) is 3.97. The quantitative estimate of drug-likeness (QED) is 0.816. The van der Waals surface area contributed by atoms with Crippen molar-refractivity contribution in [2.75, 3.05) is 11.9 Å². The van der Waals surface area contributed by atoms with Gasteiger partial charge >= 0.3 is 6.01 Å². The highest BCUT2D eigenvalue weighted by molar-refractivity contribution is 6.20. The Hall–Kier alpha value is -1.49. The maximum Gasteiger partial charge on any atom is 0.315 e. The predicted octanol–water partition coefficient (Wildman–Crippen LogP) is 2.62. The number of hydrogen-bond acceptors (Lipinski definition) is 5. The number of hydrogen-bond donors (Lipinski definition) is 1. The molecule has 2 aromatic rings. The molecule has 0 aliphatic heterocycles. The summed E-state index contributed by atoms with van der Waals surface area (Å²) >= 11 is 5.79. The van der Waals surface area contributed by atoms with Gasteiger partial charge in [0.05, 0.1) is 6.26 Å². The summed E-state index contributed by atoms with van der Waals surface area (Å²) in [6.45, 7) is 2.45. The average Bonchev–Trinajstić information content (AvgIpc) is 2.87. The molecule has 86 valence electrons. The van der Waals surface area contributed by atoms with Gasteiger partial charge in [0.25, 0.3) is 0 Å². The van der Waals surface area contributed by atoms with Gasteiger partial charge in [0.2, 0.25) is 5.89 Å². The lowest BCUT2D eigenvalue weighted by Crippen LogP contribution is -2.04. The van der Waals surface area contributed by atoms with Crippen LogP contribution in [0.3, 0.4) is 0 Å². The number of halogens is 1. The van der Waals surface area contributed by atoms with Gasteiger partial charge in [0.15, 0.2) is 0 Å². The van der Waals surface area contributed by atoms with Crippen molar-refractivity contribution in [2.45, 2.75) is 18.7 Å². The van der Waals surface area contributed by atoms with Crippen molar-refractivity contribution in [3.63, 3.8) is 0 Å². The Morgan fingerprint density at radius 3 is 3.00 bits per heavy atom. The molecule has 0 radical (unpaired) electrons. The van der Waals surface area contributed by atoms with Crippen LogP contribution in [0.15, 0.2) is 27.2 Å². The van der Waals surface area contributed by atoms with Gasteiger partial charge in [-0.15, -0.1) is 16.7 Å². The first-order valence-electron chi connectivity index (χ1n) is 4.99. The Labute approximate surface area is 97.8 Å². The molecule has 0 amide bonds. The number of alkyl halides is 1. The maximum absolute atomic E-state index is 5.79. The molecule has 0 spiro atoms. The Morgan fingerprint density at radius 1 is 1.50 bits per heavy atom. The minimum absolute atomic E-state index is 0.270. The van der Waals surface area contributed by atoms with Crippen molar-refractivity contribution >= 4 is 17.6 Å². The Kier molecular flexibility index (Phi) is 3.46. The molecule has 2 aromatic heterocycles. The Balaban J connectivity index is 1.81. The fourth-order valence-electron chi connectivity index (χ4n) is 1.21. The van der Waals surface area contributed by atoms with Crippen molar-refractivity contribution < 1.29 is 8.83 Å². The molecule has 0 fully saturated rings. The van der Waals surface area contributed by atoms with Crippen LogP contribution in [0, 0.1) is 0 Å². The third-order valence-electron chi connectivity index (χ3n) is 2.01. The number of furan rings is 1. The summed E-state index contributed by atoms with van der Waals surface area (Å²) in [6, 6.07) is 4.16. The molecule has 0 saturated carbocycles. The number of anilines is 1. The van der Waals surface area contributed by atoms with E-state index < -0.39 is 0 Å². The molecular weight excluding hydrogens is 230 g/mol. The van der Waals surface area contributed by atoms with Gasteiger partial charge in [-0.1, -0.05) is 5.10 Å². The molecule has 2 rings (SSSR count). The van der Waals surface area contributed by atoms with Crippen molar-refractivity contribution in [1.82, 2.24) is 10.2 Å². The largest absolute Gasteiger partial charge is 0.469 e. The predicted molar refractivity (Wildman–Crippen MR) is 59.5 cm³/mol. The van der Waals surface area contributed by atoms with E-state index in [0.29, 0.717) is 18.5 Å². The van der Waals surface area contributed by atoms with Crippen LogP contribution in [0.1, 0.15) is 24.0 Å². The normalized spacial score (nSPS) is 12.6. The molecule has 1 atom stereocenters. The second-order valence-electron chi connectivity index (χ2n) is 3.32. The Morgan fingerprint density at radius 2 is 2.38 bits per heavy atom. The minimum atomic E-state index is -0.270. The highest BCUT2D eigenvalue weighted by Crippen LogP contribution is 2.19. The lowest BCUT2D eigenvalue weighted by Gasteiger charge is -1.98. The van der Waals surface area contributed by atoms with E-state index in [1.54, 1.807) is 13.2 Å². The molecule has 6 heteroatoms. The summed E-state index contributed by atoms with van der Waals surface area (Å²) in [6.07, 6.45) is 2.41. The van der Waals surface area contributed by atoms with Gasteiger partial charge in [-0.25, -0.2) is 0 Å². The van der Waals surface area contributed by atoms with Crippen LogP contribution in [0.2, 0.25) is 0 Å². The van der Waals surface area contributed by atoms with E-state index in [2.05, 4.69) is 15.5 Å². The number of nitrogens with zero attached hydrogens (tertiary/aromatic N) is 2. The summed E-state index contributed by atoms with van der Waals surface area (Å²) in [7, 11) is 0. The summed E-state index contributed by atoms with van der Waals surface area (Å²) < 4.78 is 10.5.